The summed E-state index contributed by atoms with van der Waals surface area (Å²) in [5, 5.41) is 12.5. The highest BCUT2D eigenvalue weighted by Gasteiger charge is 2.22. The van der Waals surface area contributed by atoms with Crippen molar-refractivity contribution in [3.8, 4) is 11.8 Å². The third-order valence-corrected chi connectivity index (χ3v) is 3.31. The highest BCUT2D eigenvalue weighted by Crippen LogP contribution is 2.21. The first kappa shape index (κ1) is 18.0. The number of rotatable bonds is 5. The topological polar surface area (TPSA) is 117 Å². The van der Waals surface area contributed by atoms with Gasteiger partial charge in [0, 0.05) is 5.92 Å². The quantitative estimate of drug-likeness (QED) is 0.800. The molecule has 0 radical (unpaired) electrons. The fourth-order valence-electron chi connectivity index (χ4n) is 2.06. The molecule has 0 saturated heterocycles. The molecule has 0 aliphatic heterocycles. The molecule has 130 valence electrons. The van der Waals surface area contributed by atoms with E-state index in [2.05, 4.69) is 16.0 Å². The number of amides is 2. The molecule has 2 amide bonds. The Balaban J connectivity index is 1.86. The van der Waals surface area contributed by atoms with E-state index in [1.165, 1.54) is 0 Å². The van der Waals surface area contributed by atoms with E-state index in [-0.39, 0.29) is 12.5 Å². The average molecular weight is 342 g/mol. The first-order valence-corrected chi connectivity index (χ1v) is 7.60. The zero-order valence-electron chi connectivity index (χ0n) is 14.1. The highest BCUT2D eigenvalue weighted by atomic mass is 16.5. The molecule has 0 atom stereocenters. The smallest absolute Gasteiger partial charge is 0.276 e. The van der Waals surface area contributed by atoms with Crippen LogP contribution in [0.2, 0.25) is 0 Å². The van der Waals surface area contributed by atoms with Crippen LogP contribution in [-0.2, 0) is 4.79 Å². The van der Waals surface area contributed by atoms with E-state index in [9.17, 15) is 9.59 Å². The van der Waals surface area contributed by atoms with Gasteiger partial charge >= 0.3 is 0 Å². The van der Waals surface area contributed by atoms with Gasteiger partial charge in [-0.05, 0) is 31.2 Å². The van der Waals surface area contributed by atoms with Crippen molar-refractivity contribution in [3.05, 3.63) is 46.8 Å². The number of nitrogens with one attached hydrogen (secondary N) is 2. The minimum absolute atomic E-state index is 0.0163. The molecule has 25 heavy (non-hydrogen) atoms. The number of hydrazine groups is 1. The zero-order valence-corrected chi connectivity index (χ0v) is 14.1. The van der Waals surface area contributed by atoms with Crippen molar-refractivity contribution in [1.82, 2.24) is 16.0 Å². The molecule has 0 spiro atoms. The van der Waals surface area contributed by atoms with Crippen LogP contribution in [0.15, 0.2) is 28.8 Å². The van der Waals surface area contributed by atoms with Gasteiger partial charge in [-0.15, -0.1) is 0 Å². The van der Waals surface area contributed by atoms with Gasteiger partial charge < -0.3 is 9.26 Å². The monoisotopic (exact) mass is 342 g/mol. The number of hydrogen-bond acceptors (Lipinski definition) is 6. The normalized spacial score (nSPS) is 10.2. The molecule has 1 aromatic carbocycles. The summed E-state index contributed by atoms with van der Waals surface area (Å²) in [6.45, 7) is 5.12. The average Bonchev–Trinajstić information content (AvgIpc) is 3.00. The van der Waals surface area contributed by atoms with Gasteiger partial charge in [0.25, 0.3) is 11.8 Å². The molecular weight excluding hydrogens is 324 g/mol. The van der Waals surface area contributed by atoms with Crippen LogP contribution in [0.4, 0.5) is 0 Å². The van der Waals surface area contributed by atoms with Crippen LogP contribution in [0.1, 0.15) is 47.1 Å². The van der Waals surface area contributed by atoms with Crippen LogP contribution in [-0.4, -0.2) is 23.6 Å². The maximum atomic E-state index is 12.2. The van der Waals surface area contributed by atoms with E-state index >= 15 is 0 Å². The minimum atomic E-state index is -0.530. The van der Waals surface area contributed by atoms with Crippen molar-refractivity contribution in [2.45, 2.75) is 26.7 Å². The second kappa shape index (κ2) is 7.97. The van der Waals surface area contributed by atoms with Crippen LogP contribution in [0.3, 0.4) is 0 Å². The second-order valence-electron chi connectivity index (χ2n) is 5.59. The lowest BCUT2D eigenvalue weighted by Crippen LogP contribution is -2.44. The summed E-state index contributed by atoms with van der Waals surface area (Å²) < 4.78 is 10.4. The number of benzene rings is 1. The van der Waals surface area contributed by atoms with E-state index in [1.54, 1.807) is 31.2 Å². The summed E-state index contributed by atoms with van der Waals surface area (Å²) in [5.41, 5.74) is 5.84. The number of hydrogen-bond donors (Lipinski definition) is 2. The summed E-state index contributed by atoms with van der Waals surface area (Å²) >= 11 is 0. The lowest BCUT2D eigenvalue weighted by molar-refractivity contribution is -0.123. The van der Waals surface area contributed by atoms with E-state index < -0.39 is 11.8 Å². The van der Waals surface area contributed by atoms with Crippen molar-refractivity contribution in [2.24, 2.45) is 0 Å². The lowest BCUT2D eigenvalue weighted by atomic mass is 10.1. The summed E-state index contributed by atoms with van der Waals surface area (Å²) in [6.07, 6.45) is 0. The number of ether oxygens (including phenoxy) is 1. The molecule has 0 aliphatic rings. The van der Waals surface area contributed by atoms with Crippen LogP contribution in [0.5, 0.6) is 5.75 Å². The lowest BCUT2D eigenvalue weighted by Gasteiger charge is -2.09. The van der Waals surface area contributed by atoms with E-state index in [0.717, 1.165) is 0 Å². The Morgan fingerprint density at radius 1 is 1.28 bits per heavy atom. The molecule has 1 aromatic heterocycles. The maximum Gasteiger partial charge on any atom is 0.276 e. The minimum Gasteiger partial charge on any atom is -0.484 e. The Labute approximate surface area is 144 Å². The molecular formula is C17H18N4O4. The second-order valence-corrected chi connectivity index (χ2v) is 5.59. The largest absolute Gasteiger partial charge is 0.484 e. The number of aryl methyl sites for hydroxylation is 1. The Bertz CT molecular complexity index is 803. The fraction of sp³-hybridized carbons (Fsp3) is 0.294. The molecule has 2 rings (SSSR count). The first-order valence-electron chi connectivity index (χ1n) is 7.60. The molecule has 0 bridgehead atoms. The number of aromatic nitrogens is 1. The van der Waals surface area contributed by atoms with Crippen LogP contribution < -0.4 is 15.6 Å². The number of carbonyl (C=O) groups excluding carboxylic acids is 2. The number of nitrogens with zero attached hydrogens (tertiary/aromatic N) is 2. The molecule has 8 nitrogen and oxygen atoms in total. The molecule has 0 aliphatic carbocycles. The number of nitriles is 1. The molecule has 2 aromatic rings. The van der Waals surface area contributed by atoms with Gasteiger partial charge in [0.05, 0.1) is 17.3 Å². The molecule has 0 fully saturated rings. The van der Waals surface area contributed by atoms with Crippen molar-refractivity contribution in [3.63, 3.8) is 0 Å². The first-order chi connectivity index (χ1) is 11.9. The Morgan fingerprint density at radius 3 is 2.56 bits per heavy atom. The van der Waals surface area contributed by atoms with Crippen molar-refractivity contribution >= 4 is 11.8 Å². The van der Waals surface area contributed by atoms with Gasteiger partial charge in [-0.25, -0.2) is 0 Å². The molecule has 0 saturated carbocycles. The van der Waals surface area contributed by atoms with Crippen LogP contribution >= 0.6 is 0 Å². The summed E-state index contributed by atoms with van der Waals surface area (Å²) in [6, 6.07) is 8.31. The zero-order chi connectivity index (χ0) is 18.4. The molecule has 8 heteroatoms. The van der Waals surface area contributed by atoms with E-state index in [4.69, 9.17) is 14.5 Å². The summed E-state index contributed by atoms with van der Waals surface area (Å²) in [7, 11) is 0. The summed E-state index contributed by atoms with van der Waals surface area (Å²) in [4.78, 5) is 24.0. The fourth-order valence-corrected chi connectivity index (χ4v) is 2.06. The van der Waals surface area contributed by atoms with Gasteiger partial charge in [0.15, 0.2) is 12.4 Å². The predicted octanol–water partition coefficient (Wildman–Crippen LogP) is 1.82. The summed E-state index contributed by atoms with van der Waals surface area (Å²) in [5.74, 6) is -0.153. The molecule has 2 N–H and O–H groups in total. The molecule has 1 heterocycles. The van der Waals surface area contributed by atoms with Crippen LogP contribution in [0, 0.1) is 18.3 Å². The van der Waals surface area contributed by atoms with Crippen molar-refractivity contribution in [2.75, 3.05) is 6.61 Å². The predicted molar refractivity (Wildman–Crippen MR) is 87.6 cm³/mol. The third-order valence-electron chi connectivity index (χ3n) is 3.31. The Kier molecular flexibility index (Phi) is 5.74. The SMILES string of the molecule is Cc1noc(C(C)C)c1C(=O)NNC(=O)COc1ccc(C#N)cc1. The van der Waals surface area contributed by atoms with Gasteiger partial charge in [-0.2, -0.15) is 5.26 Å². The maximum absolute atomic E-state index is 12.2. The van der Waals surface area contributed by atoms with Gasteiger partial charge in [0.2, 0.25) is 0 Å². The van der Waals surface area contributed by atoms with Gasteiger partial charge in [-0.1, -0.05) is 19.0 Å². The van der Waals surface area contributed by atoms with Crippen molar-refractivity contribution < 1.29 is 18.8 Å². The highest BCUT2D eigenvalue weighted by molar-refractivity contribution is 5.97. The van der Waals surface area contributed by atoms with Crippen LogP contribution in [0.25, 0.3) is 0 Å². The van der Waals surface area contributed by atoms with Crippen molar-refractivity contribution in [1.29, 1.82) is 5.26 Å². The third kappa shape index (κ3) is 4.57. The van der Waals surface area contributed by atoms with E-state index in [1.807, 2.05) is 19.9 Å². The van der Waals surface area contributed by atoms with E-state index in [0.29, 0.717) is 28.3 Å². The standard InChI is InChI=1S/C17H18N4O4/c1-10(2)16-15(11(3)21-25-16)17(23)20-19-14(22)9-24-13-6-4-12(8-18)5-7-13/h4-7,10H,9H2,1-3H3,(H,19,22)(H,20,23). The Hall–Kier alpha value is -3.34. The Morgan fingerprint density at radius 2 is 1.96 bits per heavy atom. The van der Waals surface area contributed by atoms with Gasteiger partial charge in [0.1, 0.15) is 11.3 Å². The molecule has 0 unspecified atom stereocenters. The van der Waals surface area contributed by atoms with Gasteiger partial charge in [-0.3, -0.25) is 20.4 Å². The number of carbonyl (C=O) groups is 2.